The maximum absolute atomic E-state index is 12.7. The van der Waals surface area contributed by atoms with Crippen molar-refractivity contribution >= 4 is 11.8 Å². The van der Waals surface area contributed by atoms with E-state index in [2.05, 4.69) is 0 Å². The van der Waals surface area contributed by atoms with Gasteiger partial charge in [0.2, 0.25) is 11.8 Å². The zero-order valence-corrected chi connectivity index (χ0v) is 15.9. The number of hydrogen-bond acceptors (Lipinski definition) is 4. The van der Waals surface area contributed by atoms with E-state index in [0.29, 0.717) is 38.9 Å². The summed E-state index contributed by atoms with van der Waals surface area (Å²) in [5.41, 5.74) is -0.927. The molecule has 0 saturated carbocycles. The number of carbonyl (C=O) groups is 2. The maximum Gasteiger partial charge on any atom is 0.242 e. The number of amides is 2. The molecule has 0 aromatic heterocycles. The van der Waals surface area contributed by atoms with E-state index >= 15 is 0 Å². The van der Waals surface area contributed by atoms with Crippen LogP contribution in [0.3, 0.4) is 0 Å². The van der Waals surface area contributed by atoms with Gasteiger partial charge in [-0.1, -0.05) is 24.6 Å². The van der Waals surface area contributed by atoms with E-state index < -0.39 is 5.60 Å². The van der Waals surface area contributed by atoms with Crippen LogP contribution in [0.15, 0.2) is 30.3 Å². The summed E-state index contributed by atoms with van der Waals surface area (Å²) >= 11 is 0. The number of para-hydroxylation sites is 1. The van der Waals surface area contributed by atoms with E-state index in [4.69, 9.17) is 4.74 Å². The third-order valence-corrected chi connectivity index (χ3v) is 5.52. The number of aliphatic hydroxyl groups is 1. The number of hydrogen-bond donors (Lipinski definition) is 1. The summed E-state index contributed by atoms with van der Waals surface area (Å²) in [6, 6.07) is 9.46. The number of benzene rings is 1. The van der Waals surface area contributed by atoms with E-state index in [1.54, 1.807) is 9.80 Å². The summed E-state index contributed by atoms with van der Waals surface area (Å²) < 4.78 is 5.74. The zero-order valence-electron chi connectivity index (χ0n) is 15.9. The van der Waals surface area contributed by atoms with Gasteiger partial charge >= 0.3 is 0 Å². The Bertz CT molecular complexity index is 636. The van der Waals surface area contributed by atoms with Gasteiger partial charge in [0.1, 0.15) is 18.0 Å². The highest BCUT2D eigenvalue weighted by Crippen LogP contribution is 2.24. The van der Waals surface area contributed by atoms with Crippen molar-refractivity contribution in [3.8, 4) is 5.75 Å². The van der Waals surface area contributed by atoms with Crippen LogP contribution >= 0.6 is 0 Å². The number of nitrogens with zero attached hydrogens (tertiary/aromatic N) is 2. The van der Waals surface area contributed by atoms with Gasteiger partial charge in [-0.25, -0.2) is 0 Å². The SMILES string of the molecule is O=C(CN1CCCCCC1=O)N1CCCC(O)(COc2ccccc2)CC1. The van der Waals surface area contributed by atoms with Crippen molar-refractivity contribution in [2.24, 2.45) is 0 Å². The van der Waals surface area contributed by atoms with Crippen LogP contribution in [0.4, 0.5) is 0 Å². The molecular formula is C21H30N2O4. The van der Waals surface area contributed by atoms with Crippen LogP contribution in [0.2, 0.25) is 0 Å². The predicted molar refractivity (Wildman–Crippen MR) is 102 cm³/mol. The second kappa shape index (κ2) is 9.22. The smallest absolute Gasteiger partial charge is 0.242 e. The number of rotatable bonds is 5. The number of carbonyl (C=O) groups excluding carboxylic acids is 2. The quantitative estimate of drug-likeness (QED) is 0.858. The first-order valence-corrected chi connectivity index (χ1v) is 10.0. The molecule has 2 amide bonds. The van der Waals surface area contributed by atoms with E-state index in [0.717, 1.165) is 31.4 Å². The minimum Gasteiger partial charge on any atom is -0.491 e. The number of ether oxygens (including phenoxy) is 1. The molecule has 2 saturated heterocycles. The van der Waals surface area contributed by atoms with Crippen molar-refractivity contribution < 1.29 is 19.4 Å². The molecule has 0 bridgehead atoms. The lowest BCUT2D eigenvalue weighted by Gasteiger charge is -2.28. The molecule has 3 rings (SSSR count). The molecule has 27 heavy (non-hydrogen) atoms. The molecule has 148 valence electrons. The lowest BCUT2D eigenvalue weighted by Crippen LogP contribution is -2.44. The van der Waals surface area contributed by atoms with Crippen molar-refractivity contribution in [2.75, 3.05) is 32.8 Å². The van der Waals surface area contributed by atoms with Crippen LogP contribution in [0.25, 0.3) is 0 Å². The first-order chi connectivity index (χ1) is 13.1. The third kappa shape index (κ3) is 5.70. The van der Waals surface area contributed by atoms with Gasteiger partial charge in [0.05, 0.1) is 6.54 Å². The summed E-state index contributed by atoms with van der Waals surface area (Å²) in [7, 11) is 0. The molecule has 2 heterocycles. The van der Waals surface area contributed by atoms with Crippen LogP contribution in [-0.4, -0.2) is 65.1 Å². The normalized spacial score (nSPS) is 24.3. The van der Waals surface area contributed by atoms with Gasteiger partial charge in [-0.15, -0.1) is 0 Å². The standard InChI is InChI=1S/C21H30N2O4/c24-19-10-5-2-6-13-23(19)16-20(25)22-14-7-11-21(26,12-15-22)17-27-18-8-3-1-4-9-18/h1,3-4,8-9,26H,2,5-7,10-17H2. The largest absolute Gasteiger partial charge is 0.491 e. The Morgan fingerprint density at radius 2 is 1.85 bits per heavy atom. The van der Waals surface area contributed by atoms with Crippen molar-refractivity contribution in [3.05, 3.63) is 30.3 Å². The Morgan fingerprint density at radius 3 is 2.67 bits per heavy atom. The summed E-state index contributed by atoms with van der Waals surface area (Å²) in [6.45, 7) is 2.18. The van der Waals surface area contributed by atoms with Crippen LogP contribution < -0.4 is 4.74 Å². The fourth-order valence-electron chi connectivity index (χ4n) is 3.78. The lowest BCUT2D eigenvalue weighted by atomic mass is 9.96. The summed E-state index contributed by atoms with van der Waals surface area (Å²) in [5.74, 6) is 0.810. The molecule has 2 fully saturated rings. The Labute approximate surface area is 161 Å². The predicted octanol–water partition coefficient (Wildman–Crippen LogP) is 2.21. The van der Waals surface area contributed by atoms with Gasteiger partial charge in [-0.3, -0.25) is 9.59 Å². The highest BCUT2D eigenvalue weighted by molar-refractivity contribution is 5.85. The summed E-state index contributed by atoms with van der Waals surface area (Å²) in [6.07, 6.45) is 5.30. The maximum atomic E-state index is 12.7. The molecule has 2 aliphatic heterocycles. The van der Waals surface area contributed by atoms with Crippen molar-refractivity contribution in [2.45, 2.75) is 50.5 Å². The van der Waals surface area contributed by atoms with Gasteiger partial charge in [0.25, 0.3) is 0 Å². The van der Waals surface area contributed by atoms with Crippen LogP contribution in [0.5, 0.6) is 5.75 Å². The van der Waals surface area contributed by atoms with E-state index in [1.165, 1.54) is 0 Å². The Kier molecular flexibility index (Phi) is 6.72. The molecule has 1 unspecified atom stereocenters. The minimum atomic E-state index is -0.927. The minimum absolute atomic E-state index is 0.0153. The summed E-state index contributed by atoms with van der Waals surface area (Å²) in [4.78, 5) is 28.3. The molecule has 0 radical (unpaired) electrons. The highest BCUT2D eigenvalue weighted by atomic mass is 16.5. The van der Waals surface area contributed by atoms with Crippen LogP contribution in [0, 0.1) is 0 Å². The average molecular weight is 374 g/mol. The molecule has 1 aromatic carbocycles. The van der Waals surface area contributed by atoms with E-state index in [1.807, 2.05) is 30.3 Å². The molecule has 2 aliphatic rings. The average Bonchev–Trinajstić information content (AvgIpc) is 3.00. The van der Waals surface area contributed by atoms with E-state index in [9.17, 15) is 14.7 Å². The monoisotopic (exact) mass is 374 g/mol. The molecule has 0 spiro atoms. The second-order valence-electron chi connectivity index (χ2n) is 7.69. The second-order valence-corrected chi connectivity index (χ2v) is 7.69. The molecule has 1 aromatic rings. The first kappa shape index (κ1) is 19.7. The fourth-order valence-corrected chi connectivity index (χ4v) is 3.78. The molecule has 6 nitrogen and oxygen atoms in total. The van der Waals surface area contributed by atoms with Crippen molar-refractivity contribution in [1.29, 1.82) is 0 Å². The molecule has 6 heteroatoms. The van der Waals surface area contributed by atoms with Crippen LogP contribution in [-0.2, 0) is 9.59 Å². The number of likely N-dealkylation sites (tertiary alicyclic amines) is 2. The molecule has 1 atom stereocenters. The van der Waals surface area contributed by atoms with Crippen molar-refractivity contribution in [3.63, 3.8) is 0 Å². The Morgan fingerprint density at radius 1 is 1.04 bits per heavy atom. The third-order valence-electron chi connectivity index (χ3n) is 5.52. The Balaban J connectivity index is 1.51. The Hall–Kier alpha value is -2.08. The molecule has 0 aliphatic carbocycles. The van der Waals surface area contributed by atoms with Gasteiger partial charge in [0.15, 0.2) is 0 Å². The molecule has 1 N–H and O–H groups in total. The van der Waals surface area contributed by atoms with Gasteiger partial charge in [-0.05, 0) is 44.2 Å². The topological polar surface area (TPSA) is 70.1 Å². The first-order valence-electron chi connectivity index (χ1n) is 10.0. The lowest BCUT2D eigenvalue weighted by molar-refractivity contribution is -0.140. The van der Waals surface area contributed by atoms with E-state index in [-0.39, 0.29) is 25.0 Å². The molecular weight excluding hydrogens is 344 g/mol. The van der Waals surface area contributed by atoms with Crippen LogP contribution in [0.1, 0.15) is 44.9 Å². The van der Waals surface area contributed by atoms with Crippen molar-refractivity contribution in [1.82, 2.24) is 9.80 Å². The van der Waals surface area contributed by atoms with Gasteiger partial charge < -0.3 is 19.6 Å². The highest BCUT2D eigenvalue weighted by Gasteiger charge is 2.33. The van der Waals surface area contributed by atoms with Gasteiger partial charge in [0, 0.05) is 26.1 Å². The zero-order chi connectivity index (χ0) is 19.1. The van der Waals surface area contributed by atoms with Gasteiger partial charge in [-0.2, -0.15) is 0 Å². The summed E-state index contributed by atoms with van der Waals surface area (Å²) in [5, 5.41) is 10.9. The fraction of sp³-hybridized carbons (Fsp3) is 0.619.